The van der Waals surface area contributed by atoms with Crippen molar-refractivity contribution < 1.29 is 9.21 Å². The summed E-state index contributed by atoms with van der Waals surface area (Å²) in [5.74, 6) is 2.38. The molecule has 1 N–H and O–H groups in total. The van der Waals surface area contributed by atoms with Gasteiger partial charge in [-0.05, 0) is 6.92 Å². The van der Waals surface area contributed by atoms with Gasteiger partial charge in [-0.15, -0.1) is 24.8 Å². The fourth-order valence-corrected chi connectivity index (χ4v) is 3.71. The molecule has 1 fully saturated rings. The van der Waals surface area contributed by atoms with Crippen LogP contribution in [0.1, 0.15) is 29.9 Å². The maximum Gasteiger partial charge on any atom is 0.223 e. The van der Waals surface area contributed by atoms with Gasteiger partial charge in [0.1, 0.15) is 11.9 Å². The van der Waals surface area contributed by atoms with Gasteiger partial charge in [0.25, 0.3) is 0 Å². The molecule has 3 heterocycles. The Hall–Kier alpha value is -2.35. The normalized spacial score (nSPS) is 15.9. The summed E-state index contributed by atoms with van der Waals surface area (Å²) >= 11 is 0. The van der Waals surface area contributed by atoms with Crippen molar-refractivity contribution in [3.05, 3.63) is 60.1 Å². The van der Waals surface area contributed by atoms with Crippen molar-refractivity contribution in [2.75, 3.05) is 19.6 Å². The Balaban J connectivity index is 0.00000160. The molecule has 4 rings (SSSR count). The number of aromatic nitrogens is 3. The SMILES string of the molecule is Cc1nc(CCC(=O)N2CCNCC2c2nccn2C)oc1-c1ccccc1.Cl.Cl. The first-order valence-electron chi connectivity index (χ1n) is 9.62. The van der Waals surface area contributed by atoms with Gasteiger partial charge in [-0.3, -0.25) is 4.79 Å². The van der Waals surface area contributed by atoms with Gasteiger partial charge in [-0.1, -0.05) is 30.3 Å². The largest absolute Gasteiger partial charge is 0.440 e. The number of nitrogens with zero attached hydrogens (tertiary/aromatic N) is 4. The van der Waals surface area contributed by atoms with Gasteiger partial charge in [0.15, 0.2) is 11.7 Å². The minimum atomic E-state index is -0.0487. The van der Waals surface area contributed by atoms with Crippen molar-refractivity contribution in [1.82, 2.24) is 24.8 Å². The summed E-state index contributed by atoms with van der Waals surface area (Å²) in [5, 5.41) is 3.36. The Morgan fingerprint density at radius 2 is 2.03 bits per heavy atom. The van der Waals surface area contributed by atoms with Crippen LogP contribution in [0.5, 0.6) is 0 Å². The van der Waals surface area contributed by atoms with E-state index >= 15 is 0 Å². The molecule has 1 amide bonds. The summed E-state index contributed by atoms with van der Waals surface area (Å²) in [6.45, 7) is 4.12. The van der Waals surface area contributed by atoms with Crippen LogP contribution in [0.3, 0.4) is 0 Å². The van der Waals surface area contributed by atoms with Gasteiger partial charge in [0, 0.05) is 57.5 Å². The van der Waals surface area contributed by atoms with Crippen LogP contribution in [0.2, 0.25) is 0 Å². The van der Waals surface area contributed by atoms with Crippen LogP contribution >= 0.6 is 24.8 Å². The molecule has 1 aliphatic rings. The predicted octanol–water partition coefficient (Wildman–Crippen LogP) is 3.33. The maximum atomic E-state index is 12.9. The minimum absolute atomic E-state index is 0. The van der Waals surface area contributed by atoms with Crippen molar-refractivity contribution in [3.63, 3.8) is 0 Å². The van der Waals surface area contributed by atoms with E-state index in [0.29, 0.717) is 31.8 Å². The molecule has 1 atom stereocenters. The van der Waals surface area contributed by atoms with Gasteiger partial charge >= 0.3 is 0 Å². The second-order valence-corrected chi connectivity index (χ2v) is 7.09. The first kappa shape index (κ1) is 23.9. The molecular weight excluding hydrogens is 425 g/mol. The van der Waals surface area contributed by atoms with Gasteiger partial charge in [0.05, 0.1) is 5.69 Å². The summed E-state index contributed by atoms with van der Waals surface area (Å²) in [4.78, 5) is 23.8. The number of hydrogen-bond donors (Lipinski definition) is 1. The van der Waals surface area contributed by atoms with E-state index in [2.05, 4.69) is 15.3 Å². The lowest BCUT2D eigenvalue weighted by molar-refractivity contribution is -0.134. The van der Waals surface area contributed by atoms with Crippen LogP contribution in [0.25, 0.3) is 11.3 Å². The number of imidazole rings is 1. The summed E-state index contributed by atoms with van der Waals surface area (Å²) in [6.07, 6.45) is 4.54. The van der Waals surface area contributed by atoms with Gasteiger partial charge < -0.3 is 19.2 Å². The molecule has 162 valence electrons. The fraction of sp³-hybridized carbons (Fsp3) is 0.381. The van der Waals surface area contributed by atoms with Gasteiger partial charge in [-0.25, -0.2) is 9.97 Å². The molecule has 0 saturated carbocycles. The number of aryl methyl sites for hydroxylation is 3. The van der Waals surface area contributed by atoms with Gasteiger partial charge in [0.2, 0.25) is 5.91 Å². The number of hydrogen-bond acceptors (Lipinski definition) is 5. The third-order valence-corrected chi connectivity index (χ3v) is 5.15. The Morgan fingerprint density at radius 3 is 2.73 bits per heavy atom. The standard InChI is InChI=1S/C21H25N5O2.2ClH/c1-15-20(16-6-4-3-5-7-16)28-18(24-15)8-9-19(27)26-13-10-22-14-17(26)21-23-11-12-25(21)2;;/h3-7,11-12,17,22H,8-10,13-14H2,1-2H3;2*1H. The third-order valence-electron chi connectivity index (χ3n) is 5.15. The number of rotatable bonds is 5. The fourth-order valence-electron chi connectivity index (χ4n) is 3.71. The van der Waals surface area contributed by atoms with Crippen LogP contribution in [0, 0.1) is 6.92 Å². The molecule has 1 aliphatic heterocycles. The lowest BCUT2D eigenvalue weighted by Crippen LogP contribution is -2.49. The average Bonchev–Trinajstić information content (AvgIpc) is 3.32. The van der Waals surface area contributed by atoms with Crippen molar-refractivity contribution in [3.8, 4) is 11.3 Å². The van der Waals surface area contributed by atoms with Crippen LogP contribution in [0.15, 0.2) is 47.1 Å². The number of nitrogens with one attached hydrogen (secondary N) is 1. The highest BCUT2D eigenvalue weighted by Crippen LogP contribution is 2.26. The number of oxazole rings is 1. The van der Waals surface area contributed by atoms with Crippen LogP contribution in [-0.2, 0) is 18.3 Å². The van der Waals surface area contributed by atoms with E-state index in [9.17, 15) is 4.79 Å². The number of carbonyl (C=O) groups excluding carboxylic acids is 1. The van der Waals surface area contributed by atoms with E-state index in [4.69, 9.17) is 4.42 Å². The monoisotopic (exact) mass is 451 g/mol. The Kier molecular flexibility index (Phi) is 8.46. The summed E-state index contributed by atoms with van der Waals surface area (Å²) < 4.78 is 7.92. The van der Waals surface area contributed by atoms with Crippen LogP contribution in [0.4, 0.5) is 0 Å². The molecule has 7 nitrogen and oxygen atoms in total. The zero-order valence-corrected chi connectivity index (χ0v) is 18.7. The smallest absolute Gasteiger partial charge is 0.223 e. The molecule has 0 spiro atoms. The quantitative estimate of drug-likeness (QED) is 0.643. The van der Waals surface area contributed by atoms with Crippen LogP contribution in [-0.4, -0.2) is 45.0 Å². The number of amides is 1. The molecule has 0 radical (unpaired) electrons. The van der Waals surface area contributed by atoms with E-state index in [1.54, 1.807) is 6.20 Å². The molecule has 1 aromatic carbocycles. The first-order valence-corrected chi connectivity index (χ1v) is 9.62. The zero-order valence-electron chi connectivity index (χ0n) is 17.1. The van der Waals surface area contributed by atoms with E-state index in [1.165, 1.54) is 0 Å². The highest BCUT2D eigenvalue weighted by Gasteiger charge is 2.30. The number of halogens is 2. The molecule has 0 aliphatic carbocycles. The van der Waals surface area contributed by atoms with Crippen molar-refractivity contribution in [1.29, 1.82) is 0 Å². The highest BCUT2D eigenvalue weighted by molar-refractivity contribution is 5.85. The second kappa shape index (κ2) is 10.6. The topological polar surface area (TPSA) is 76.2 Å². The summed E-state index contributed by atoms with van der Waals surface area (Å²) in [5.41, 5.74) is 1.85. The molecule has 9 heteroatoms. The number of piperazine rings is 1. The van der Waals surface area contributed by atoms with E-state index in [0.717, 1.165) is 29.4 Å². The predicted molar refractivity (Wildman–Crippen MR) is 120 cm³/mol. The second-order valence-electron chi connectivity index (χ2n) is 7.09. The van der Waals surface area contributed by atoms with Crippen molar-refractivity contribution in [2.24, 2.45) is 7.05 Å². The average molecular weight is 452 g/mol. The molecule has 30 heavy (non-hydrogen) atoms. The van der Waals surface area contributed by atoms with Crippen molar-refractivity contribution >= 4 is 30.7 Å². The minimum Gasteiger partial charge on any atom is -0.440 e. The molecule has 1 saturated heterocycles. The highest BCUT2D eigenvalue weighted by atomic mass is 35.5. The van der Waals surface area contributed by atoms with E-state index < -0.39 is 0 Å². The van der Waals surface area contributed by atoms with Crippen molar-refractivity contribution in [2.45, 2.75) is 25.8 Å². The van der Waals surface area contributed by atoms with Gasteiger partial charge in [-0.2, -0.15) is 0 Å². The molecule has 2 aromatic heterocycles. The molecule has 3 aromatic rings. The molecular formula is C21H27Cl2N5O2. The Labute approximate surface area is 188 Å². The third kappa shape index (κ3) is 5.03. The summed E-state index contributed by atoms with van der Waals surface area (Å²) in [7, 11) is 1.96. The van der Waals surface area contributed by atoms with E-state index in [-0.39, 0.29) is 36.8 Å². The summed E-state index contributed by atoms with van der Waals surface area (Å²) in [6, 6.07) is 9.87. The molecule has 0 bridgehead atoms. The number of benzene rings is 1. The lowest BCUT2D eigenvalue weighted by atomic mass is 10.1. The Bertz CT molecular complexity index is 957. The zero-order chi connectivity index (χ0) is 19.5. The first-order chi connectivity index (χ1) is 13.6. The lowest BCUT2D eigenvalue weighted by Gasteiger charge is -2.35. The van der Waals surface area contributed by atoms with E-state index in [1.807, 2.05) is 60.0 Å². The molecule has 1 unspecified atom stereocenters. The Morgan fingerprint density at radius 1 is 1.27 bits per heavy atom. The maximum absolute atomic E-state index is 12.9. The number of carbonyl (C=O) groups is 1. The van der Waals surface area contributed by atoms with Crippen LogP contribution < -0.4 is 5.32 Å².